The van der Waals surface area contributed by atoms with Crippen LogP contribution in [0.25, 0.3) is 0 Å². The van der Waals surface area contributed by atoms with Crippen LogP contribution in [0.2, 0.25) is 0 Å². The first-order valence-corrected chi connectivity index (χ1v) is 3.73. The van der Waals surface area contributed by atoms with Crippen molar-refractivity contribution in [3.05, 3.63) is 11.6 Å². The molecule has 2 amide bonds. The number of carbonyl (C=O) groups excluding carboxylic acids is 2. The van der Waals surface area contributed by atoms with Gasteiger partial charge >= 0.3 is 0 Å². The minimum atomic E-state index is -0.207. The van der Waals surface area contributed by atoms with E-state index < -0.39 is 0 Å². The zero-order valence-corrected chi connectivity index (χ0v) is 7.60. The molecule has 4 heteroatoms. The second kappa shape index (κ2) is 5.35. The highest BCUT2D eigenvalue weighted by Crippen LogP contribution is 1.89. The molecule has 0 saturated heterocycles. The van der Waals surface area contributed by atoms with E-state index >= 15 is 0 Å². The molecule has 0 spiro atoms. The van der Waals surface area contributed by atoms with Crippen LogP contribution in [-0.4, -0.2) is 25.4 Å². The van der Waals surface area contributed by atoms with E-state index in [4.69, 9.17) is 0 Å². The maximum Gasteiger partial charge on any atom is 0.247 e. The molecule has 0 aliphatic rings. The highest BCUT2D eigenvalue weighted by Gasteiger charge is 2.03. The SMILES string of the molecule is C/C=C(\C)C(=O)NCC(=O)NC. The van der Waals surface area contributed by atoms with Crippen molar-refractivity contribution >= 4 is 11.8 Å². The molecule has 0 bridgehead atoms. The first-order chi connectivity index (χ1) is 5.61. The quantitative estimate of drug-likeness (QED) is 0.577. The van der Waals surface area contributed by atoms with Gasteiger partial charge in [-0.25, -0.2) is 0 Å². The van der Waals surface area contributed by atoms with E-state index in [1.807, 2.05) is 0 Å². The summed E-state index contributed by atoms with van der Waals surface area (Å²) in [6.45, 7) is 3.49. The van der Waals surface area contributed by atoms with Gasteiger partial charge < -0.3 is 10.6 Å². The third-order valence-corrected chi connectivity index (χ3v) is 1.48. The standard InChI is InChI=1S/C8H14N2O2/c1-4-6(2)8(12)10-5-7(11)9-3/h4H,5H2,1-3H3,(H,9,11)(H,10,12)/b6-4+. The van der Waals surface area contributed by atoms with Crippen molar-refractivity contribution in [3.63, 3.8) is 0 Å². The minimum absolute atomic E-state index is 0.0283. The van der Waals surface area contributed by atoms with Crippen LogP contribution in [0.15, 0.2) is 11.6 Å². The number of nitrogens with one attached hydrogen (secondary N) is 2. The molecule has 0 aromatic carbocycles. The molecule has 0 aromatic rings. The van der Waals surface area contributed by atoms with Crippen molar-refractivity contribution < 1.29 is 9.59 Å². The summed E-state index contributed by atoms with van der Waals surface area (Å²) in [7, 11) is 1.52. The van der Waals surface area contributed by atoms with E-state index in [1.165, 1.54) is 7.05 Å². The van der Waals surface area contributed by atoms with Crippen molar-refractivity contribution in [1.82, 2.24) is 10.6 Å². The highest BCUT2D eigenvalue weighted by molar-refractivity contribution is 5.95. The summed E-state index contributed by atoms with van der Waals surface area (Å²) in [6, 6.07) is 0. The molecule has 0 atom stereocenters. The molecule has 0 unspecified atom stereocenters. The summed E-state index contributed by atoms with van der Waals surface area (Å²) in [5.41, 5.74) is 0.610. The predicted molar refractivity (Wildman–Crippen MR) is 46.5 cm³/mol. The molecule has 0 rings (SSSR count). The Morgan fingerprint density at radius 1 is 1.42 bits per heavy atom. The monoisotopic (exact) mass is 170 g/mol. The lowest BCUT2D eigenvalue weighted by atomic mass is 10.3. The van der Waals surface area contributed by atoms with Crippen LogP contribution < -0.4 is 10.6 Å². The zero-order chi connectivity index (χ0) is 9.56. The molecular weight excluding hydrogens is 156 g/mol. The Hall–Kier alpha value is -1.32. The third-order valence-electron chi connectivity index (χ3n) is 1.48. The van der Waals surface area contributed by atoms with Gasteiger partial charge in [-0.05, 0) is 13.8 Å². The van der Waals surface area contributed by atoms with Crippen molar-refractivity contribution in [2.45, 2.75) is 13.8 Å². The number of carbonyl (C=O) groups is 2. The summed E-state index contributed by atoms with van der Waals surface area (Å²) in [5.74, 6) is -0.409. The molecule has 0 radical (unpaired) electrons. The molecule has 2 N–H and O–H groups in total. The third kappa shape index (κ3) is 3.75. The van der Waals surface area contributed by atoms with Crippen LogP contribution in [-0.2, 0) is 9.59 Å². The van der Waals surface area contributed by atoms with E-state index in [0.717, 1.165) is 0 Å². The number of allylic oxidation sites excluding steroid dienone is 1. The number of likely N-dealkylation sites (N-methyl/N-ethyl adjacent to an activating group) is 1. The largest absolute Gasteiger partial charge is 0.358 e. The Kier molecular flexibility index (Phi) is 4.76. The number of hydrogen-bond donors (Lipinski definition) is 2. The van der Waals surface area contributed by atoms with Crippen molar-refractivity contribution in [3.8, 4) is 0 Å². The first-order valence-electron chi connectivity index (χ1n) is 3.73. The van der Waals surface area contributed by atoms with E-state index in [9.17, 15) is 9.59 Å². The molecule has 4 nitrogen and oxygen atoms in total. The van der Waals surface area contributed by atoms with Crippen LogP contribution in [0.5, 0.6) is 0 Å². The van der Waals surface area contributed by atoms with Crippen molar-refractivity contribution in [2.24, 2.45) is 0 Å². The second-order valence-corrected chi connectivity index (χ2v) is 2.33. The Morgan fingerprint density at radius 2 is 2.00 bits per heavy atom. The van der Waals surface area contributed by atoms with Gasteiger partial charge in [0.25, 0.3) is 0 Å². The fourth-order valence-corrected chi connectivity index (χ4v) is 0.519. The van der Waals surface area contributed by atoms with Crippen LogP contribution in [0, 0.1) is 0 Å². The Balaban J connectivity index is 3.80. The maximum absolute atomic E-state index is 11.0. The first kappa shape index (κ1) is 10.7. The molecule has 68 valence electrons. The fourth-order valence-electron chi connectivity index (χ4n) is 0.519. The van der Waals surface area contributed by atoms with Gasteiger partial charge in [-0.15, -0.1) is 0 Å². The van der Waals surface area contributed by atoms with Crippen LogP contribution in [0.3, 0.4) is 0 Å². The molecule has 0 aliphatic carbocycles. The van der Waals surface area contributed by atoms with Gasteiger partial charge in [0.1, 0.15) is 0 Å². The molecular formula is C8H14N2O2. The smallest absolute Gasteiger partial charge is 0.247 e. The second-order valence-electron chi connectivity index (χ2n) is 2.33. The lowest BCUT2D eigenvalue weighted by Crippen LogP contribution is -2.35. The van der Waals surface area contributed by atoms with Crippen molar-refractivity contribution in [2.75, 3.05) is 13.6 Å². The normalized spacial score (nSPS) is 10.8. The minimum Gasteiger partial charge on any atom is -0.358 e. The van der Waals surface area contributed by atoms with Gasteiger partial charge in [-0.3, -0.25) is 9.59 Å². The summed E-state index contributed by atoms with van der Waals surface area (Å²) in [5, 5.41) is 4.87. The van der Waals surface area contributed by atoms with Gasteiger partial charge in [0.2, 0.25) is 11.8 Å². The molecule has 0 fully saturated rings. The summed E-state index contributed by atoms with van der Waals surface area (Å²) in [4.78, 5) is 21.7. The van der Waals surface area contributed by atoms with Gasteiger partial charge in [-0.1, -0.05) is 6.08 Å². The number of rotatable bonds is 3. The zero-order valence-electron chi connectivity index (χ0n) is 7.60. The lowest BCUT2D eigenvalue weighted by molar-refractivity contribution is -0.124. The Labute approximate surface area is 72.0 Å². The molecule has 12 heavy (non-hydrogen) atoms. The van der Waals surface area contributed by atoms with E-state index in [1.54, 1.807) is 19.9 Å². The Morgan fingerprint density at radius 3 is 2.42 bits per heavy atom. The molecule has 0 saturated carbocycles. The average Bonchev–Trinajstić information content (AvgIpc) is 2.11. The molecule has 0 aromatic heterocycles. The van der Waals surface area contributed by atoms with Gasteiger partial charge in [0.15, 0.2) is 0 Å². The average molecular weight is 170 g/mol. The van der Waals surface area contributed by atoms with Gasteiger partial charge in [0, 0.05) is 12.6 Å². The summed E-state index contributed by atoms with van der Waals surface area (Å²) in [6.07, 6.45) is 1.69. The van der Waals surface area contributed by atoms with Gasteiger partial charge in [0.05, 0.1) is 6.54 Å². The predicted octanol–water partition coefficient (Wildman–Crippen LogP) is -0.185. The van der Waals surface area contributed by atoms with Crippen molar-refractivity contribution in [1.29, 1.82) is 0 Å². The molecule has 0 aliphatic heterocycles. The van der Waals surface area contributed by atoms with E-state index in [2.05, 4.69) is 10.6 Å². The topological polar surface area (TPSA) is 58.2 Å². The van der Waals surface area contributed by atoms with Crippen LogP contribution in [0.4, 0.5) is 0 Å². The molecule has 0 heterocycles. The summed E-state index contributed by atoms with van der Waals surface area (Å²) >= 11 is 0. The van der Waals surface area contributed by atoms with Crippen LogP contribution >= 0.6 is 0 Å². The van der Waals surface area contributed by atoms with E-state index in [0.29, 0.717) is 5.57 Å². The summed E-state index contributed by atoms with van der Waals surface area (Å²) < 4.78 is 0. The number of amides is 2. The maximum atomic E-state index is 11.0. The van der Waals surface area contributed by atoms with Gasteiger partial charge in [-0.2, -0.15) is 0 Å². The van der Waals surface area contributed by atoms with Crippen LogP contribution in [0.1, 0.15) is 13.8 Å². The highest BCUT2D eigenvalue weighted by atomic mass is 16.2. The van der Waals surface area contributed by atoms with E-state index in [-0.39, 0.29) is 18.4 Å². The lowest BCUT2D eigenvalue weighted by Gasteiger charge is -2.02. The Bertz CT molecular complexity index is 209. The number of hydrogen-bond acceptors (Lipinski definition) is 2. The fraction of sp³-hybridized carbons (Fsp3) is 0.500.